The van der Waals surface area contributed by atoms with Crippen LogP contribution < -0.4 is 5.32 Å². The first kappa shape index (κ1) is 16.5. The van der Waals surface area contributed by atoms with Crippen molar-refractivity contribution >= 4 is 5.96 Å². The molecule has 3 rings (SSSR count). The molecule has 0 atom stereocenters. The minimum atomic E-state index is -0.187. The Morgan fingerprint density at radius 2 is 2.08 bits per heavy atom. The first-order valence-electron chi connectivity index (χ1n) is 8.47. The summed E-state index contributed by atoms with van der Waals surface area (Å²) in [4.78, 5) is 11.4. The number of likely N-dealkylation sites (tertiary alicyclic amines) is 1. The second-order valence-corrected chi connectivity index (χ2v) is 5.90. The summed E-state index contributed by atoms with van der Waals surface area (Å²) in [6.45, 7) is 4.98. The molecule has 1 fully saturated rings. The maximum absolute atomic E-state index is 9.65. The van der Waals surface area contributed by atoms with E-state index in [0.717, 1.165) is 49.7 Å². The van der Waals surface area contributed by atoms with E-state index >= 15 is 0 Å². The average Bonchev–Trinajstić information content (AvgIpc) is 3.09. The van der Waals surface area contributed by atoms with Gasteiger partial charge in [0.15, 0.2) is 5.96 Å². The van der Waals surface area contributed by atoms with Crippen LogP contribution in [-0.4, -0.2) is 46.7 Å². The lowest BCUT2D eigenvalue weighted by Gasteiger charge is -2.32. The lowest BCUT2D eigenvalue weighted by atomic mass is 10.1. The van der Waals surface area contributed by atoms with E-state index in [1.54, 1.807) is 6.26 Å². The van der Waals surface area contributed by atoms with E-state index in [1.807, 2.05) is 30.3 Å². The van der Waals surface area contributed by atoms with Gasteiger partial charge in [-0.25, -0.2) is 9.98 Å². The van der Waals surface area contributed by atoms with Gasteiger partial charge in [0.25, 0.3) is 0 Å². The van der Waals surface area contributed by atoms with Crippen molar-refractivity contribution in [2.75, 3.05) is 19.6 Å². The molecular formula is C18H24N4O2. The maximum atomic E-state index is 9.65. The Morgan fingerprint density at radius 3 is 2.79 bits per heavy atom. The number of aromatic nitrogens is 1. The van der Waals surface area contributed by atoms with E-state index in [0.29, 0.717) is 12.4 Å². The van der Waals surface area contributed by atoms with Crippen LogP contribution in [0.15, 0.2) is 46.0 Å². The third-order valence-corrected chi connectivity index (χ3v) is 4.06. The molecule has 0 aliphatic carbocycles. The van der Waals surface area contributed by atoms with Crippen molar-refractivity contribution in [2.45, 2.75) is 32.4 Å². The van der Waals surface area contributed by atoms with Gasteiger partial charge in [-0.05, 0) is 31.9 Å². The van der Waals surface area contributed by atoms with Crippen molar-refractivity contribution < 1.29 is 9.52 Å². The molecule has 6 heteroatoms. The molecule has 1 aromatic carbocycles. The third-order valence-electron chi connectivity index (χ3n) is 4.06. The molecule has 1 saturated heterocycles. The highest BCUT2D eigenvalue weighted by Crippen LogP contribution is 2.18. The van der Waals surface area contributed by atoms with E-state index < -0.39 is 0 Å². The largest absolute Gasteiger partial charge is 0.444 e. The number of benzene rings is 1. The zero-order chi connectivity index (χ0) is 16.8. The Morgan fingerprint density at radius 1 is 1.33 bits per heavy atom. The van der Waals surface area contributed by atoms with Crippen LogP contribution in [-0.2, 0) is 6.54 Å². The fourth-order valence-electron chi connectivity index (χ4n) is 2.75. The number of oxazole rings is 1. The lowest BCUT2D eigenvalue weighted by Crippen LogP contribution is -2.46. The van der Waals surface area contributed by atoms with Crippen LogP contribution >= 0.6 is 0 Å². The van der Waals surface area contributed by atoms with Gasteiger partial charge < -0.3 is 19.7 Å². The van der Waals surface area contributed by atoms with Crippen molar-refractivity contribution in [2.24, 2.45) is 4.99 Å². The molecule has 2 N–H and O–H groups in total. The first-order valence-corrected chi connectivity index (χ1v) is 8.47. The third kappa shape index (κ3) is 4.14. The summed E-state index contributed by atoms with van der Waals surface area (Å²) in [5.74, 6) is 1.49. The predicted octanol–water partition coefficient (Wildman–Crippen LogP) is 2.26. The number of aliphatic imine (C=N–C) groups is 1. The van der Waals surface area contributed by atoms with Crippen molar-refractivity contribution in [1.29, 1.82) is 0 Å². The van der Waals surface area contributed by atoms with Gasteiger partial charge in [-0.1, -0.05) is 18.2 Å². The van der Waals surface area contributed by atoms with E-state index in [9.17, 15) is 5.11 Å². The molecule has 1 aliphatic heterocycles. The number of nitrogens with one attached hydrogen (secondary N) is 1. The van der Waals surface area contributed by atoms with E-state index in [1.165, 1.54) is 0 Å². The van der Waals surface area contributed by atoms with Crippen molar-refractivity contribution in [3.05, 3.63) is 42.3 Å². The van der Waals surface area contributed by atoms with Gasteiger partial charge in [-0.15, -0.1) is 0 Å². The van der Waals surface area contributed by atoms with E-state index in [2.05, 4.69) is 27.1 Å². The summed E-state index contributed by atoms with van der Waals surface area (Å²) in [5.41, 5.74) is 1.77. The Balaban J connectivity index is 1.67. The SMILES string of the molecule is CCNC(=NCc1coc(-c2ccccc2)n1)N1CCC(O)CC1. The minimum absolute atomic E-state index is 0.187. The molecule has 2 aromatic rings. The number of hydrogen-bond acceptors (Lipinski definition) is 4. The molecule has 0 unspecified atom stereocenters. The first-order chi connectivity index (χ1) is 11.8. The van der Waals surface area contributed by atoms with Gasteiger partial charge in [-0.2, -0.15) is 0 Å². The lowest BCUT2D eigenvalue weighted by molar-refractivity contribution is 0.108. The fourth-order valence-corrected chi connectivity index (χ4v) is 2.75. The van der Waals surface area contributed by atoms with Crippen LogP contribution in [0.25, 0.3) is 11.5 Å². The van der Waals surface area contributed by atoms with Gasteiger partial charge in [0.2, 0.25) is 5.89 Å². The molecular weight excluding hydrogens is 304 g/mol. The van der Waals surface area contributed by atoms with E-state index in [-0.39, 0.29) is 6.10 Å². The number of rotatable bonds is 4. The summed E-state index contributed by atoms with van der Waals surface area (Å²) in [7, 11) is 0. The average molecular weight is 328 g/mol. The highest BCUT2D eigenvalue weighted by molar-refractivity contribution is 5.80. The maximum Gasteiger partial charge on any atom is 0.226 e. The summed E-state index contributed by atoms with van der Waals surface area (Å²) in [5, 5.41) is 13.0. The smallest absolute Gasteiger partial charge is 0.226 e. The second-order valence-electron chi connectivity index (χ2n) is 5.90. The summed E-state index contributed by atoms with van der Waals surface area (Å²) in [6, 6.07) is 9.84. The fraction of sp³-hybridized carbons (Fsp3) is 0.444. The van der Waals surface area contributed by atoms with Gasteiger partial charge in [0.05, 0.1) is 12.6 Å². The molecule has 2 heterocycles. The number of guanidine groups is 1. The predicted molar refractivity (Wildman–Crippen MR) is 93.6 cm³/mol. The normalized spacial score (nSPS) is 16.4. The summed E-state index contributed by atoms with van der Waals surface area (Å²) in [6.07, 6.45) is 3.04. The van der Waals surface area contributed by atoms with Crippen LogP contribution in [0, 0.1) is 0 Å². The van der Waals surface area contributed by atoms with Gasteiger partial charge in [0, 0.05) is 25.2 Å². The van der Waals surface area contributed by atoms with Crippen LogP contribution in [0.4, 0.5) is 0 Å². The zero-order valence-corrected chi connectivity index (χ0v) is 14.0. The monoisotopic (exact) mass is 328 g/mol. The number of aliphatic hydroxyl groups is 1. The quantitative estimate of drug-likeness (QED) is 0.665. The van der Waals surface area contributed by atoms with Crippen molar-refractivity contribution in [1.82, 2.24) is 15.2 Å². The highest BCUT2D eigenvalue weighted by atomic mass is 16.3. The van der Waals surface area contributed by atoms with Crippen LogP contribution in [0.5, 0.6) is 0 Å². The summed E-state index contributed by atoms with van der Waals surface area (Å²) >= 11 is 0. The molecule has 24 heavy (non-hydrogen) atoms. The highest BCUT2D eigenvalue weighted by Gasteiger charge is 2.19. The van der Waals surface area contributed by atoms with Crippen LogP contribution in [0.1, 0.15) is 25.5 Å². The standard InChI is InChI=1S/C18H24N4O2/c1-2-19-18(22-10-8-16(23)9-11-22)20-12-15-13-24-17(21-15)14-6-4-3-5-7-14/h3-7,13,16,23H,2,8-12H2,1H3,(H,19,20). The number of nitrogens with zero attached hydrogens (tertiary/aromatic N) is 3. The Bertz CT molecular complexity index is 661. The molecule has 0 amide bonds. The number of hydrogen-bond donors (Lipinski definition) is 2. The molecule has 0 radical (unpaired) electrons. The topological polar surface area (TPSA) is 73.9 Å². The number of piperidine rings is 1. The summed E-state index contributed by atoms with van der Waals surface area (Å²) < 4.78 is 5.56. The number of aliphatic hydroxyl groups excluding tert-OH is 1. The van der Waals surface area contributed by atoms with Crippen molar-refractivity contribution in [3.63, 3.8) is 0 Å². The molecule has 6 nitrogen and oxygen atoms in total. The molecule has 128 valence electrons. The van der Waals surface area contributed by atoms with Gasteiger partial charge in [-0.3, -0.25) is 0 Å². The van der Waals surface area contributed by atoms with Gasteiger partial charge in [0.1, 0.15) is 12.0 Å². The minimum Gasteiger partial charge on any atom is -0.444 e. The van der Waals surface area contributed by atoms with Crippen LogP contribution in [0.2, 0.25) is 0 Å². The van der Waals surface area contributed by atoms with E-state index in [4.69, 9.17) is 4.42 Å². The molecule has 0 spiro atoms. The Kier molecular flexibility index (Phi) is 5.48. The molecule has 0 saturated carbocycles. The molecule has 1 aromatic heterocycles. The van der Waals surface area contributed by atoms with Gasteiger partial charge >= 0.3 is 0 Å². The zero-order valence-electron chi connectivity index (χ0n) is 14.0. The Hall–Kier alpha value is -2.34. The molecule has 1 aliphatic rings. The molecule has 0 bridgehead atoms. The van der Waals surface area contributed by atoms with Crippen LogP contribution in [0.3, 0.4) is 0 Å². The van der Waals surface area contributed by atoms with Crippen molar-refractivity contribution in [3.8, 4) is 11.5 Å². The Labute approximate surface area is 142 Å². The second kappa shape index (κ2) is 7.97.